The largest absolute Gasteiger partial charge is 0.480 e. The van der Waals surface area contributed by atoms with Gasteiger partial charge in [0, 0.05) is 17.4 Å². The molecular weight excluding hydrogens is 262 g/mol. The summed E-state index contributed by atoms with van der Waals surface area (Å²) in [6, 6.07) is 5.79. The number of hydrogen-bond acceptors (Lipinski definition) is 4. The molecule has 0 fully saturated rings. The molecule has 0 saturated heterocycles. The van der Waals surface area contributed by atoms with Crippen LogP contribution in [0.5, 0.6) is 5.88 Å². The van der Waals surface area contributed by atoms with Crippen molar-refractivity contribution in [2.75, 3.05) is 14.2 Å². The normalized spacial score (nSPS) is 12.2. The Bertz CT molecular complexity index is 574. The summed E-state index contributed by atoms with van der Waals surface area (Å²) >= 11 is 6.32. The molecule has 5 heteroatoms. The Kier molecular flexibility index (Phi) is 4.35. The molecule has 2 rings (SSSR count). The zero-order valence-electron chi connectivity index (χ0n) is 11.1. The Labute approximate surface area is 117 Å². The average molecular weight is 278 g/mol. The summed E-state index contributed by atoms with van der Waals surface area (Å²) in [7, 11) is 3.44. The summed E-state index contributed by atoms with van der Waals surface area (Å²) in [6.07, 6.45) is 3.25. The van der Waals surface area contributed by atoms with Gasteiger partial charge in [0.25, 0.3) is 0 Å². The topological polar surface area (TPSA) is 47.0 Å². The minimum Gasteiger partial charge on any atom is -0.480 e. The van der Waals surface area contributed by atoms with Crippen LogP contribution in [0, 0.1) is 6.92 Å². The summed E-state index contributed by atoms with van der Waals surface area (Å²) in [5, 5.41) is 3.90. The lowest BCUT2D eigenvalue weighted by atomic mass is 10.0. The molecule has 2 aromatic rings. The molecule has 1 unspecified atom stereocenters. The Hall–Kier alpha value is -1.65. The van der Waals surface area contributed by atoms with Crippen LogP contribution in [0.1, 0.15) is 22.9 Å². The van der Waals surface area contributed by atoms with Crippen LogP contribution in [0.25, 0.3) is 0 Å². The quantitative estimate of drug-likeness (QED) is 0.933. The van der Waals surface area contributed by atoms with E-state index < -0.39 is 0 Å². The van der Waals surface area contributed by atoms with Gasteiger partial charge in [-0.1, -0.05) is 23.7 Å². The van der Waals surface area contributed by atoms with E-state index in [0.29, 0.717) is 10.9 Å². The Balaban J connectivity index is 2.50. The van der Waals surface area contributed by atoms with E-state index in [-0.39, 0.29) is 6.04 Å². The lowest BCUT2D eigenvalue weighted by Gasteiger charge is -2.19. The molecule has 4 nitrogen and oxygen atoms in total. The van der Waals surface area contributed by atoms with E-state index >= 15 is 0 Å². The molecule has 0 saturated carbocycles. The number of hydrogen-bond donors (Lipinski definition) is 1. The molecule has 0 amide bonds. The van der Waals surface area contributed by atoms with Crippen LogP contribution in [0.15, 0.2) is 30.6 Å². The van der Waals surface area contributed by atoms with Gasteiger partial charge in [0.05, 0.1) is 13.2 Å². The number of ether oxygens (including phenoxy) is 1. The van der Waals surface area contributed by atoms with Gasteiger partial charge in [0.2, 0.25) is 5.88 Å². The van der Waals surface area contributed by atoms with Gasteiger partial charge in [-0.25, -0.2) is 4.98 Å². The van der Waals surface area contributed by atoms with Crippen molar-refractivity contribution in [2.45, 2.75) is 13.0 Å². The fraction of sp³-hybridized carbons (Fsp3) is 0.286. The number of aryl methyl sites for hydroxylation is 1. The molecule has 19 heavy (non-hydrogen) atoms. The molecule has 0 aliphatic heterocycles. The number of benzene rings is 1. The molecular formula is C14H16ClN3O. The summed E-state index contributed by atoms with van der Waals surface area (Å²) in [5.74, 6) is 0.499. The average Bonchev–Trinajstić information content (AvgIpc) is 2.42. The summed E-state index contributed by atoms with van der Waals surface area (Å²) in [4.78, 5) is 8.52. The third-order valence-corrected chi connectivity index (χ3v) is 3.24. The van der Waals surface area contributed by atoms with Gasteiger partial charge in [0.1, 0.15) is 5.69 Å². The predicted molar refractivity (Wildman–Crippen MR) is 75.7 cm³/mol. The van der Waals surface area contributed by atoms with Crippen LogP contribution in [-0.4, -0.2) is 24.1 Å². The Morgan fingerprint density at radius 3 is 2.63 bits per heavy atom. The number of methoxy groups -OCH3 is 1. The number of rotatable bonds is 4. The van der Waals surface area contributed by atoms with Crippen molar-refractivity contribution in [3.05, 3.63) is 52.4 Å². The van der Waals surface area contributed by atoms with E-state index in [1.165, 1.54) is 0 Å². The van der Waals surface area contributed by atoms with E-state index in [1.807, 2.05) is 32.2 Å². The van der Waals surface area contributed by atoms with Crippen molar-refractivity contribution in [2.24, 2.45) is 0 Å². The van der Waals surface area contributed by atoms with Crippen LogP contribution in [0.3, 0.4) is 0 Å². The fourth-order valence-electron chi connectivity index (χ4n) is 2.00. The molecule has 0 aliphatic rings. The van der Waals surface area contributed by atoms with Gasteiger partial charge in [-0.2, -0.15) is 0 Å². The van der Waals surface area contributed by atoms with Gasteiger partial charge < -0.3 is 10.1 Å². The molecule has 0 bridgehead atoms. The zero-order chi connectivity index (χ0) is 13.8. The standard InChI is InChI=1S/C14H16ClN3O/c1-9-4-5-10(11(15)8-9)12(16-2)13-14(19-3)18-7-6-17-13/h4-8,12,16H,1-3H3. The second-order valence-electron chi connectivity index (χ2n) is 4.20. The van der Waals surface area contributed by atoms with Crippen molar-refractivity contribution in [1.82, 2.24) is 15.3 Å². The predicted octanol–water partition coefficient (Wildman–Crippen LogP) is 2.76. The van der Waals surface area contributed by atoms with E-state index in [2.05, 4.69) is 15.3 Å². The van der Waals surface area contributed by atoms with Gasteiger partial charge in [-0.05, 0) is 31.2 Å². The van der Waals surface area contributed by atoms with Crippen molar-refractivity contribution in [3.8, 4) is 5.88 Å². The number of nitrogens with zero attached hydrogens (tertiary/aromatic N) is 2. The molecule has 0 spiro atoms. The minimum absolute atomic E-state index is 0.156. The first-order valence-corrected chi connectivity index (χ1v) is 6.33. The summed E-state index contributed by atoms with van der Waals surface area (Å²) in [5.41, 5.74) is 2.79. The van der Waals surface area contributed by atoms with Gasteiger partial charge >= 0.3 is 0 Å². The highest BCUT2D eigenvalue weighted by Crippen LogP contribution is 2.31. The maximum Gasteiger partial charge on any atom is 0.237 e. The molecule has 1 aromatic carbocycles. The first-order chi connectivity index (χ1) is 9.17. The second kappa shape index (κ2) is 5.99. The minimum atomic E-state index is -0.156. The SMILES string of the molecule is CNC(c1ccc(C)cc1Cl)c1nccnc1OC. The molecule has 1 atom stereocenters. The van der Waals surface area contributed by atoms with Crippen LogP contribution in [0.4, 0.5) is 0 Å². The van der Waals surface area contributed by atoms with Crippen LogP contribution < -0.4 is 10.1 Å². The van der Waals surface area contributed by atoms with Crippen molar-refractivity contribution in [3.63, 3.8) is 0 Å². The van der Waals surface area contributed by atoms with E-state index in [9.17, 15) is 0 Å². The van der Waals surface area contributed by atoms with Crippen molar-refractivity contribution < 1.29 is 4.74 Å². The summed E-state index contributed by atoms with van der Waals surface area (Å²) < 4.78 is 5.26. The molecule has 1 aromatic heterocycles. The fourth-order valence-corrected chi connectivity index (χ4v) is 2.34. The molecule has 0 aliphatic carbocycles. The monoisotopic (exact) mass is 277 g/mol. The Morgan fingerprint density at radius 1 is 1.26 bits per heavy atom. The lowest BCUT2D eigenvalue weighted by molar-refractivity contribution is 0.384. The first kappa shape index (κ1) is 13.8. The highest BCUT2D eigenvalue weighted by atomic mass is 35.5. The smallest absolute Gasteiger partial charge is 0.237 e. The highest BCUT2D eigenvalue weighted by Gasteiger charge is 2.21. The van der Waals surface area contributed by atoms with E-state index in [0.717, 1.165) is 16.8 Å². The van der Waals surface area contributed by atoms with E-state index in [1.54, 1.807) is 19.5 Å². The molecule has 1 N–H and O–H groups in total. The second-order valence-corrected chi connectivity index (χ2v) is 4.60. The third-order valence-electron chi connectivity index (χ3n) is 2.91. The zero-order valence-corrected chi connectivity index (χ0v) is 11.9. The third kappa shape index (κ3) is 2.85. The summed E-state index contributed by atoms with van der Waals surface area (Å²) in [6.45, 7) is 2.01. The van der Waals surface area contributed by atoms with Gasteiger partial charge in [-0.3, -0.25) is 4.98 Å². The van der Waals surface area contributed by atoms with Gasteiger partial charge in [0.15, 0.2) is 0 Å². The molecule has 1 heterocycles. The Morgan fingerprint density at radius 2 is 2.00 bits per heavy atom. The van der Waals surface area contributed by atoms with Crippen molar-refractivity contribution in [1.29, 1.82) is 0 Å². The number of aromatic nitrogens is 2. The molecule has 100 valence electrons. The van der Waals surface area contributed by atoms with Crippen LogP contribution in [0.2, 0.25) is 5.02 Å². The lowest BCUT2D eigenvalue weighted by Crippen LogP contribution is -2.20. The van der Waals surface area contributed by atoms with Crippen LogP contribution in [-0.2, 0) is 0 Å². The number of halogens is 1. The highest BCUT2D eigenvalue weighted by molar-refractivity contribution is 6.31. The first-order valence-electron chi connectivity index (χ1n) is 5.95. The van der Waals surface area contributed by atoms with Gasteiger partial charge in [-0.15, -0.1) is 0 Å². The van der Waals surface area contributed by atoms with Crippen LogP contribution >= 0.6 is 11.6 Å². The maximum atomic E-state index is 6.32. The maximum absolute atomic E-state index is 6.32. The van der Waals surface area contributed by atoms with Crippen molar-refractivity contribution >= 4 is 11.6 Å². The number of nitrogens with one attached hydrogen (secondary N) is 1. The van der Waals surface area contributed by atoms with E-state index in [4.69, 9.17) is 16.3 Å². The molecule has 0 radical (unpaired) electrons.